The van der Waals surface area contributed by atoms with E-state index in [0.29, 0.717) is 13.0 Å². The Morgan fingerprint density at radius 2 is 1.86 bits per heavy atom. The summed E-state index contributed by atoms with van der Waals surface area (Å²) in [5.41, 5.74) is 0.833. The molecule has 0 spiro atoms. The van der Waals surface area contributed by atoms with Gasteiger partial charge in [0.1, 0.15) is 0 Å². The van der Waals surface area contributed by atoms with Gasteiger partial charge in [0.05, 0.1) is 5.52 Å². The number of fused-ring (bicyclic) bond motifs is 1. The molecule has 1 fully saturated rings. The Morgan fingerprint density at radius 3 is 2.67 bits per heavy atom. The van der Waals surface area contributed by atoms with E-state index in [4.69, 9.17) is 0 Å². The van der Waals surface area contributed by atoms with E-state index >= 15 is 0 Å². The number of amides is 1. The Labute approximate surface area is 123 Å². The number of nitrogens with zero attached hydrogens (tertiary/aromatic N) is 2. The molecule has 1 N–H and O–H groups in total. The molecule has 1 aliphatic rings. The highest BCUT2D eigenvalue weighted by Gasteiger charge is 2.16. The molecule has 1 aromatic carbocycles. The van der Waals surface area contributed by atoms with Gasteiger partial charge < -0.3 is 14.8 Å². The van der Waals surface area contributed by atoms with Crippen LogP contribution in [-0.4, -0.2) is 41.6 Å². The van der Waals surface area contributed by atoms with Crippen molar-refractivity contribution >= 4 is 16.8 Å². The quantitative estimate of drug-likeness (QED) is 0.908. The van der Waals surface area contributed by atoms with Crippen LogP contribution in [0.5, 0.6) is 0 Å². The van der Waals surface area contributed by atoms with E-state index in [1.54, 1.807) is 10.6 Å². The first-order valence-electron chi connectivity index (χ1n) is 7.33. The highest BCUT2D eigenvalue weighted by molar-refractivity contribution is 5.79. The van der Waals surface area contributed by atoms with Crippen LogP contribution >= 0.6 is 0 Å². The first-order valence-corrected chi connectivity index (χ1v) is 7.33. The van der Waals surface area contributed by atoms with Gasteiger partial charge in [-0.2, -0.15) is 0 Å². The molecule has 0 radical (unpaired) electrons. The van der Waals surface area contributed by atoms with Crippen LogP contribution < -0.4 is 10.9 Å². The van der Waals surface area contributed by atoms with Crippen molar-refractivity contribution in [2.24, 2.45) is 0 Å². The average molecular weight is 285 g/mol. The largest absolute Gasteiger partial charge is 0.340 e. The van der Waals surface area contributed by atoms with Crippen LogP contribution in [0.4, 0.5) is 0 Å². The molecule has 0 atom stereocenters. The van der Waals surface area contributed by atoms with Crippen molar-refractivity contribution in [1.29, 1.82) is 0 Å². The summed E-state index contributed by atoms with van der Waals surface area (Å²) in [6.07, 6.45) is 0.369. The van der Waals surface area contributed by atoms with Crippen molar-refractivity contribution in [2.75, 3.05) is 26.2 Å². The van der Waals surface area contributed by atoms with Gasteiger partial charge in [-0.3, -0.25) is 9.59 Å². The Balaban J connectivity index is 1.77. The molecule has 2 aromatic rings. The number of rotatable bonds is 3. The third-order valence-corrected chi connectivity index (χ3v) is 3.92. The van der Waals surface area contributed by atoms with E-state index in [9.17, 15) is 9.59 Å². The Hall–Kier alpha value is -2.14. The highest BCUT2D eigenvalue weighted by atomic mass is 16.2. The van der Waals surface area contributed by atoms with Gasteiger partial charge in [-0.05, 0) is 17.5 Å². The predicted molar refractivity (Wildman–Crippen MR) is 82.3 cm³/mol. The van der Waals surface area contributed by atoms with E-state index in [1.807, 2.05) is 35.2 Å². The zero-order chi connectivity index (χ0) is 14.7. The fourth-order valence-electron chi connectivity index (χ4n) is 2.75. The van der Waals surface area contributed by atoms with Gasteiger partial charge in [0, 0.05) is 45.2 Å². The molecule has 5 heteroatoms. The number of piperazine rings is 1. The van der Waals surface area contributed by atoms with E-state index in [-0.39, 0.29) is 11.5 Å². The Bertz CT molecular complexity index is 702. The molecule has 0 aliphatic carbocycles. The fourth-order valence-corrected chi connectivity index (χ4v) is 2.75. The number of pyridine rings is 1. The lowest BCUT2D eigenvalue weighted by molar-refractivity contribution is -0.131. The second-order valence-corrected chi connectivity index (χ2v) is 5.26. The van der Waals surface area contributed by atoms with Gasteiger partial charge in [0.25, 0.3) is 5.56 Å². The van der Waals surface area contributed by atoms with Crippen molar-refractivity contribution in [3.63, 3.8) is 0 Å². The molecule has 110 valence electrons. The minimum Gasteiger partial charge on any atom is -0.340 e. The number of carbonyl (C=O) groups excluding carboxylic acids is 1. The van der Waals surface area contributed by atoms with Crippen molar-refractivity contribution in [1.82, 2.24) is 14.8 Å². The monoisotopic (exact) mass is 285 g/mol. The molecule has 0 unspecified atom stereocenters. The molecule has 1 aliphatic heterocycles. The Kier molecular flexibility index (Phi) is 4.01. The minimum absolute atomic E-state index is 0.0539. The number of nitrogens with one attached hydrogen (secondary N) is 1. The van der Waals surface area contributed by atoms with E-state index in [2.05, 4.69) is 5.32 Å². The lowest BCUT2D eigenvalue weighted by Crippen LogP contribution is -2.46. The van der Waals surface area contributed by atoms with Crippen LogP contribution in [0.25, 0.3) is 10.9 Å². The van der Waals surface area contributed by atoms with Crippen molar-refractivity contribution in [3.05, 3.63) is 46.8 Å². The number of benzene rings is 1. The maximum absolute atomic E-state index is 12.2. The summed E-state index contributed by atoms with van der Waals surface area (Å²) in [4.78, 5) is 26.1. The minimum atomic E-state index is -0.0539. The average Bonchev–Trinajstić information content (AvgIpc) is 2.54. The summed E-state index contributed by atoms with van der Waals surface area (Å²) in [5, 5.41) is 4.25. The smallest absolute Gasteiger partial charge is 0.251 e. The molecule has 1 amide bonds. The molecule has 0 saturated carbocycles. The summed E-state index contributed by atoms with van der Waals surface area (Å²) >= 11 is 0. The summed E-state index contributed by atoms with van der Waals surface area (Å²) in [7, 11) is 0. The van der Waals surface area contributed by atoms with Crippen LogP contribution in [0, 0.1) is 0 Å². The lowest BCUT2D eigenvalue weighted by Gasteiger charge is -2.27. The highest BCUT2D eigenvalue weighted by Crippen LogP contribution is 2.11. The van der Waals surface area contributed by atoms with Gasteiger partial charge >= 0.3 is 0 Å². The van der Waals surface area contributed by atoms with E-state index < -0.39 is 0 Å². The molecule has 3 rings (SSSR count). The van der Waals surface area contributed by atoms with Gasteiger partial charge in [-0.15, -0.1) is 0 Å². The zero-order valence-electron chi connectivity index (χ0n) is 11.9. The standard InChI is InChI=1S/C16H19N3O2/c20-15(18-11-8-17-9-12-18)7-10-19-14-4-2-1-3-13(14)5-6-16(19)21/h1-6,17H,7-12H2. The van der Waals surface area contributed by atoms with Gasteiger partial charge in [-0.25, -0.2) is 0 Å². The third kappa shape index (κ3) is 2.97. The van der Waals surface area contributed by atoms with Crippen LogP contribution in [0.1, 0.15) is 6.42 Å². The normalized spacial score (nSPS) is 15.3. The summed E-state index contributed by atoms with van der Waals surface area (Å²) in [5.74, 6) is 0.122. The first-order chi connectivity index (χ1) is 10.3. The van der Waals surface area contributed by atoms with Crippen molar-refractivity contribution in [2.45, 2.75) is 13.0 Å². The van der Waals surface area contributed by atoms with Gasteiger partial charge in [-0.1, -0.05) is 18.2 Å². The molecule has 1 saturated heterocycles. The molecular formula is C16H19N3O2. The number of hydrogen-bond donors (Lipinski definition) is 1. The second-order valence-electron chi connectivity index (χ2n) is 5.26. The molecule has 5 nitrogen and oxygen atoms in total. The summed E-state index contributed by atoms with van der Waals surface area (Å²) in [6.45, 7) is 3.63. The summed E-state index contributed by atoms with van der Waals surface area (Å²) < 4.78 is 1.69. The molecule has 1 aromatic heterocycles. The molecule has 21 heavy (non-hydrogen) atoms. The molecule has 2 heterocycles. The van der Waals surface area contributed by atoms with Crippen LogP contribution in [0.3, 0.4) is 0 Å². The Morgan fingerprint density at radius 1 is 1.10 bits per heavy atom. The van der Waals surface area contributed by atoms with Crippen LogP contribution in [-0.2, 0) is 11.3 Å². The van der Waals surface area contributed by atoms with E-state index in [1.165, 1.54) is 0 Å². The van der Waals surface area contributed by atoms with E-state index in [0.717, 1.165) is 37.1 Å². The van der Waals surface area contributed by atoms with Crippen LogP contribution in [0.2, 0.25) is 0 Å². The predicted octanol–water partition coefficient (Wildman–Crippen LogP) is 0.823. The number of para-hydroxylation sites is 1. The fraction of sp³-hybridized carbons (Fsp3) is 0.375. The van der Waals surface area contributed by atoms with Gasteiger partial charge in [0.2, 0.25) is 5.91 Å². The second kappa shape index (κ2) is 6.10. The maximum atomic E-state index is 12.2. The summed E-state index contributed by atoms with van der Waals surface area (Å²) in [6, 6.07) is 11.2. The molecular weight excluding hydrogens is 266 g/mol. The lowest BCUT2D eigenvalue weighted by atomic mass is 10.2. The van der Waals surface area contributed by atoms with Gasteiger partial charge in [0.15, 0.2) is 0 Å². The first kappa shape index (κ1) is 13.8. The number of carbonyl (C=O) groups is 1. The third-order valence-electron chi connectivity index (χ3n) is 3.92. The maximum Gasteiger partial charge on any atom is 0.251 e. The number of aryl methyl sites for hydroxylation is 1. The molecule has 0 bridgehead atoms. The van der Waals surface area contributed by atoms with Crippen molar-refractivity contribution in [3.8, 4) is 0 Å². The van der Waals surface area contributed by atoms with Crippen molar-refractivity contribution < 1.29 is 4.79 Å². The van der Waals surface area contributed by atoms with Crippen LogP contribution in [0.15, 0.2) is 41.2 Å². The number of hydrogen-bond acceptors (Lipinski definition) is 3. The topological polar surface area (TPSA) is 54.3 Å². The zero-order valence-corrected chi connectivity index (χ0v) is 11.9. The SMILES string of the molecule is O=C(CCn1c(=O)ccc2ccccc21)N1CCNCC1. The number of aromatic nitrogens is 1.